The lowest BCUT2D eigenvalue weighted by Crippen LogP contribution is -2.42. The summed E-state index contributed by atoms with van der Waals surface area (Å²) in [5.41, 5.74) is 1.58. The number of piperidine rings is 1. The molecule has 1 N–H and O–H groups in total. The number of hydrogen-bond donors (Lipinski definition) is 1. The number of nitrogens with zero attached hydrogens (tertiary/aromatic N) is 4. The molecule has 1 amide bonds. The molecule has 0 spiro atoms. The number of fused-ring (bicyclic) bond motifs is 1. The first kappa shape index (κ1) is 21.5. The standard InChI is InChI=1S/C22H31N5O4/c1-14(2)26-11-9-16-17(13-26)23-21(24-22(16)29)18-6-4-5-10-27(18)20(28)8-7-15-12-19(30-3)25-31-15/h12,14,18H,4-11,13H2,1-3H3,(H,23,24,29). The molecule has 0 bridgehead atoms. The molecule has 0 aromatic carbocycles. The Balaban J connectivity index is 1.51. The fourth-order valence-corrected chi connectivity index (χ4v) is 4.47. The first-order valence-corrected chi connectivity index (χ1v) is 11.1. The van der Waals surface area contributed by atoms with Crippen LogP contribution in [0.4, 0.5) is 0 Å². The molecule has 1 fully saturated rings. The van der Waals surface area contributed by atoms with Gasteiger partial charge in [-0.05, 0) is 44.7 Å². The summed E-state index contributed by atoms with van der Waals surface area (Å²) in [4.78, 5) is 37.9. The fraction of sp³-hybridized carbons (Fsp3) is 0.636. The normalized spacial score (nSPS) is 19.5. The summed E-state index contributed by atoms with van der Waals surface area (Å²) in [6.07, 6.45) is 4.24. The van der Waals surface area contributed by atoms with Crippen LogP contribution in [0.5, 0.6) is 5.88 Å². The lowest BCUT2D eigenvalue weighted by Gasteiger charge is -2.36. The van der Waals surface area contributed by atoms with Gasteiger partial charge >= 0.3 is 0 Å². The highest BCUT2D eigenvalue weighted by atomic mass is 16.5. The van der Waals surface area contributed by atoms with E-state index >= 15 is 0 Å². The van der Waals surface area contributed by atoms with Crippen LogP contribution in [0, 0.1) is 0 Å². The van der Waals surface area contributed by atoms with Crippen molar-refractivity contribution < 1.29 is 14.1 Å². The highest BCUT2D eigenvalue weighted by Crippen LogP contribution is 2.30. The Morgan fingerprint density at radius 3 is 2.94 bits per heavy atom. The van der Waals surface area contributed by atoms with Crippen LogP contribution in [0.3, 0.4) is 0 Å². The molecule has 168 valence electrons. The molecule has 2 aromatic rings. The van der Waals surface area contributed by atoms with Gasteiger partial charge in [0.25, 0.3) is 11.4 Å². The third kappa shape index (κ3) is 4.66. The van der Waals surface area contributed by atoms with Crippen LogP contribution in [0.25, 0.3) is 0 Å². The monoisotopic (exact) mass is 429 g/mol. The van der Waals surface area contributed by atoms with Crippen molar-refractivity contribution in [3.05, 3.63) is 39.3 Å². The lowest BCUT2D eigenvalue weighted by atomic mass is 9.99. The van der Waals surface area contributed by atoms with E-state index in [2.05, 4.69) is 28.9 Å². The van der Waals surface area contributed by atoms with Crippen LogP contribution >= 0.6 is 0 Å². The van der Waals surface area contributed by atoms with Crippen molar-refractivity contribution in [2.24, 2.45) is 0 Å². The molecule has 4 rings (SSSR count). The zero-order chi connectivity index (χ0) is 22.0. The van der Waals surface area contributed by atoms with Crippen LogP contribution in [-0.2, 0) is 24.2 Å². The lowest BCUT2D eigenvalue weighted by molar-refractivity contribution is -0.135. The number of likely N-dealkylation sites (tertiary alicyclic amines) is 1. The third-order valence-corrected chi connectivity index (χ3v) is 6.32. The summed E-state index contributed by atoms with van der Waals surface area (Å²) < 4.78 is 10.2. The van der Waals surface area contributed by atoms with E-state index in [1.807, 2.05) is 4.90 Å². The second-order valence-corrected chi connectivity index (χ2v) is 8.62. The predicted octanol–water partition coefficient (Wildman–Crippen LogP) is 2.22. The fourth-order valence-electron chi connectivity index (χ4n) is 4.47. The third-order valence-electron chi connectivity index (χ3n) is 6.32. The van der Waals surface area contributed by atoms with Gasteiger partial charge in [-0.15, -0.1) is 0 Å². The van der Waals surface area contributed by atoms with Crippen molar-refractivity contribution in [2.75, 3.05) is 20.2 Å². The summed E-state index contributed by atoms with van der Waals surface area (Å²) in [5.74, 6) is 1.67. The SMILES string of the molecule is COc1cc(CCC(=O)N2CCCCC2c2nc3c(c(=O)[nH]2)CCN(C(C)C)C3)on1. The maximum absolute atomic E-state index is 13.1. The maximum atomic E-state index is 13.1. The molecule has 31 heavy (non-hydrogen) atoms. The molecule has 0 saturated carbocycles. The predicted molar refractivity (Wildman–Crippen MR) is 114 cm³/mol. The summed E-state index contributed by atoms with van der Waals surface area (Å²) in [6, 6.07) is 1.90. The molecular formula is C22H31N5O4. The summed E-state index contributed by atoms with van der Waals surface area (Å²) in [5, 5.41) is 3.78. The van der Waals surface area contributed by atoms with Crippen LogP contribution in [0.2, 0.25) is 0 Å². The average molecular weight is 430 g/mol. The Kier molecular flexibility index (Phi) is 6.41. The van der Waals surface area contributed by atoms with Crippen molar-refractivity contribution in [3.8, 4) is 5.88 Å². The molecule has 2 aliphatic rings. The molecule has 0 radical (unpaired) electrons. The molecule has 4 heterocycles. The number of carbonyl (C=O) groups excluding carboxylic acids is 1. The van der Waals surface area contributed by atoms with Gasteiger partial charge in [-0.25, -0.2) is 4.98 Å². The molecular weight excluding hydrogens is 398 g/mol. The van der Waals surface area contributed by atoms with E-state index in [4.69, 9.17) is 14.2 Å². The quantitative estimate of drug-likeness (QED) is 0.751. The van der Waals surface area contributed by atoms with Crippen molar-refractivity contribution in [2.45, 2.75) is 71.0 Å². The highest BCUT2D eigenvalue weighted by Gasteiger charge is 2.31. The van der Waals surface area contributed by atoms with E-state index < -0.39 is 0 Å². The van der Waals surface area contributed by atoms with Gasteiger partial charge in [0.2, 0.25) is 5.91 Å². The summed E-state index contributed by atoms with van der Waals surface area (Å²) >= 11 is 0. The van der Waals surface area contributed by atoms with E-state index in [1.54, 1.807) is 6.07 Å². The van der Waals surface area contributed by atoms with E-state index in [1.165, 1.54) is 7.11 Å². The van der Waals surface area contributed by atoms with Crippen molar-refractivity contribution in [3.63, 3.8) is 0 Å². The number of H-pyrrole nitrogens is 1. The number of amides is 1. The first-order chi connectivity index (χ1) is 15.0. The van der Waals surface area contributed by atoms with Gasteiger partial charge in [-0.3, -0.25) is 14.5 Å². The number of methoxy groups -OCH3 is 1. The number of aromatic amines is 1. The smallest absolute Gasteiger partial charge is 0.254 e. The van der Waals surface area contributed by atoms with E-state index in [-0.39, 0.29) is 17.5 Å². The number of rotatable bonds is 6. The Bertz CT molecular complexity index is 983. The number of carbonyl (C=O) groups is 1. The second-order valence-electron chi connectivity index (χ2n) is 8.62. The number of hydrogen-bond acceptors (Lipinski definition) is 7. The van der Waals surface area contributed by atoms with Gasteiger partial charge in [0, 0.05) is 50.1 Å². The Hall–Kier alpha value is -2.68. The number of aromatic nitrogens is 3. The maximum Gasteiger partial charge on any atom is 0.254 e. The molecule has 1 unspecified atom stereocenters. The van der Waals surface area contributed by atoms with Crippen molar-refractivity contribution >= 4 is 5.91 Å². The molecule has 0 aliphatic carbocycles. The van der Waals surface area contributed by atoms with Crippen molar-refractivity contribution in [1.29, 1.82) is 0 Å². The van der Waals surface area contributed by atoms with Gasteiger partial charge in [0.05, 0.1) is 18.8 Å². The zero-order valence-corrected chi connectivity index (χ0v) is 18.5. The molecule has 2 aliphatic heterocycles. The average Bonchev–Trinajstić information content (AvgIpc) is 3.25. The van der Waals surface area contributed by atoms with E-state index in [9.17, 15) is 9.59 Å². The Morgan fingerprint density at radius 1 is 1.35 bits per heavy atom. The minimum Gasteiger partial charge on any atom is -0.479 e. The van der Waals surface area contributed by atoms with Gasteiger partial charge in [0.1, 0.15) is 11.6 Å². The molecule has 9 nitrogen and oxygen atoms in total. The zero-order valence-electron chi connectivity index (χ0n) is 18.5. The first-order valence-electron chi connectivity index (χ1n) is 11.1. The van der Waals surface area contributed by atoms with E-state index in [0.717, 1.165) is 37.1 Å². The number of ether oxygens (including phenoxy) is 1. The molecule has 2 aromatic heterocycles. The van der Waals surface area contributed by atoms with E-state index in [0.29, 0.717) is 55.9 Å². The summed E-state index contributed by atoms with van der Waals surface area (Å²) in [7, 11) is 1.53. The molecule has 1 atom stereocenters. The second kappa shape index (κ2) is 9.21. The van der Waals surface area contributed by atoms with Crippen LogP contribution < -0.4 is 10.3 Å². The Labute approximate surface area is 181 Å². The van der Waals surface area contributed by atoms with Gasteiger partial charge in [-0.2, -0.15) is 0 Å². The van der Waals surface area contributed by atoms with Crippen molar-refractivity contribution in [1.82, 2.24) is 24.9 Å². The Morgan fingerprint density at radius 2 is 2.19 bits per heavy atom. The number of nitrogens with one attached hydrogen (secondary N) is 1. The van der Waals surface area contributed by atoms with Gasteiger partial charge in [-0.1, -0.05) is 0 Å². The van der Waals surface area contributed by atoms with Gasteiger partial charge in [0.15, 0.2) is 0 Å². The topological polar surface area (TPSA) is 105 Å². The minimum absolute atomic E-state index is 0.0317. The highest BCUT2D eigenvalue weighted by molar-refractivity contribution is 5.77. The molecule has 1 saturated heterocycles. The van der Waals surface area contributed by atoms with Gasteiger partial charge < -0.3 is 19.1 Å². The van der Waals surface area contributed by atoms with Crippen LogP contribution in [0.1, 0.15) is 68.4 Å². The molecule has 9 heteroatoms. The van der Waals surface area contributed by atoms with Crippen LogP contribution in [0.15, 0.2) is 15.4 Å². The summed E-state index contributed by atoms with van der Waals surface area (Å²) in [6.45, 7) is 6.53. The number of aryl methyl sites for hydroxylation is 1. The minimum atomic E-state index is -0.196. The largest absolute Gasteiger partial charge is 0.479 e. The van der Waals surface area contributed by atoms with Crippen LogP contribution in [-0.4, -0.2) is 57.1 Å².